The summed E-state index contributed by atoms with van der Waals surface area (Å²) in [6, 6.07) is 13.7. The molecule has 0 aliphatic rings. The lowest BCUT2D eigenvalue weighted by Gasteiger charge is -2.14. The number of ether oxygens (including phenoxy) is 1. The minimum Gasteiger partial charge on any atom is -0.491 e. The topological polar surface area (TPSA) is 66.0 Å². The maximum Gasteiger partial charge on any atom is 0.253 e. The molecule has 0 bridgehead atoms. The molecule has 2 rings (SSSR count). The second-order valence-corrected chi connectivity index (χ2v) is 7.09. The lowest BCUT2D eigenvalue weighted by atomic mass is 10.1. The average molecular weight is 524 g/mol. The van der Waals surface area contributed by atoms with Crippen LogP contribution in [0, 0.1) is 13.8 Å². The highest BCUT2D eigenvalue weighted by Gasteiger charge is 2.07. The van der Waals surface area contributed by atoms with Crippen molar-refractivity contribution in [1.29, 1.82) is 0 Å². The van der Waals surface area contributed by atoms with Gasteiger partial charge in [0.2, 0.25) is 0 Å². The molecule has 2 aromatic rings. The fraction of sp³-hybridized carbons (Fsp3) is 0.391. The number of nitrogens with one attached hydrogen (secondary N) is 2. The highest BCUT2D eigenvalue weighted by Crippen LogP contribution is 2.21. The fourth-order valence-corrected chi connectivity index (χ4v) is 2.87. The third-order valence-corrected chi connectivity index (χ3v) is 4.42. The number of guanidine groups is 1. The standard InChI is InChI=1S/C23H32N4O2.HI/c1-6-24-23(25-14-15-29-21-17(2)8-7-9-18(21)3)26-16-19-10-12-20(13-11-19)22(28)27(4)5;/h7-13H,6,14-16H2,1-5H3,(H2,24,25,26);1H. The quantitative estimate of drug-likeness (QED) is 0.239. The summed E-state index contributed by atoms with van der Waals surface area (Å²) in [6.07, 6.45) is 0. The van der Waals surface area contributed by atoms with Gasteiger partial charge in [-0.15, -0.1) is 24.0 Å². The number of hydrogen-bond acceptors (Lipinski definition) is 3. The molecule has 0 heterocycles. The smallest absolute Gasteiger partial charge is 0.253 e. The number of aliphatic imine (C=N–C) groups is 1. The highest BCUT2D eigenvalue weighted by molar-refractivity contribution is 14.0. The van der Waals surface area contributed by atoms with Crippen LogP contribution in [0.15, 0.2) is 47.5 Å². The molecular weight excluding hydrogens is 491 g/mol. The maximum absolute atomic E-state index is 12.0. The van der Waals surface area contributed by atoms with E-state index in [1.54, 1.807) is 19.0 Å². The van der Waals surface area contributed by atoms with E-state index < -0.39 is 0 Å². The van der Waals surface area contributed by atoms with Gasteiger partial charge in [-0.1, -0.05) is 30.3 Å². The molecule has 0 spiro atoms. The van der Waals surface area contributed by atoms with Crippen LogP contribution in [0.25, 0.3) is 0 Å². The van der Waals surface area contributed by atoms with Crippen molar-refractivity contribution >= 4 is 35.8 Å². The van der Waals surface area contributed by atoms with E-state index in [-0.39, 0.29) is 29.9 Å². The summed E-state index contributed by atoms with van der Waals surface area (Å²) in [7, 11) is 3.50. The summed E-state index contributed by atoms with van der Waals surface area (Å²) in [5.41, 5.74) is 4.00. The summed E-state index contributed by atoms with van der Waals surface area (Å²) in [4.78, 5) is 18.2. The van der Waals surface area contributed by atoms with Crippen LogP contribution in [0.4, 0.5) is 0 Å². The van der Waals surface area contributed by atoms with Gasteiger partial charge in [-0.05, 0) is 49.6 Å². The molecule has 30 heavy (non-hydrogen) atoms. The van der Waals surface area contributed by atoms with Crippen LogP contribution in [-0.4, -0.2) is 50.6 Å². The molecule has 6 nitrogen and oxygen atoms in total. The average Bonchev–Trinajstić information content (AvgIpc) is 2.70. The van der Waals surface area contributed by atoms with E-state index >= 15 is 0 Å². The number of benzene rings is 2. The molecule has 2 N–H and O–H groups in total. The lowest BCUT2D eigenvalue weighted by molar-refractivity contribution is 0.0827. The van der Waals surface area contributed by atoms with Crippen LogP contribution in [0.3, 0.4) is 0 Å². The van der Waals surface area contributed by atoms with Crippen molar-refractivity contribution in [3.05, 3.63) is 64.7 Å². The zero-order chi connectivity index (χ0) is 21.2. The van der Waals surface area contributed by atoms with Gasteiger partial charge in [0.15, 0.2) is 5.96 Å². The highest BCUT2D eigenvalue weighted by atomic mass is 127. The predicted octanol–water partition coefficient (Wildman–Crippen LogP) is 3.76. The van der Waals surface area contributed by atoms with Crippen molar-refractivity contribution in [3.63, 3.8) is 0 Å². The molecule has 164 valence electrons. The van der Waals surface area contributed by atoms with Crippen LogP contribution < -0.4 is 15.4 Å². The molecule has 0 aliphatic carbocycles. The Hall–Kier alpha value is -2.29. The normalized spacial score (nSPS) is 10.8. The molecule has 0 saturated heterocycles. The van der Waals surface area contributed by atoms with Gasteiger partial charge in [0.05, 0.1) is 13.1 Å². The van der Waals surface area contributed by atoms with Crippen LogP contribution in [0.5, 0.6) is 5.75 Å². The number of carbonyl (C=O) groups is 1. The van der Waals surface area contributed by atoms with Crippen LogP contribution >= 0.6 is 24.0 Å². The second-order valence-electron chi connectivity index (χ2n) is 7.09. The molecule has 0 unspecified atom stereocenters. The number of para-hydroxylation sites is 1. The van der Waals surface area contributed by atoms with Crippen molar-refractivity contribution in [2.45, 2.75) is 27.3 Å². The Morgan fingerprint density at radius 1 is 1.03 bits per heavy atom. The Morgan fingerprint density at radius 2 is 1.67 bits per heavy atom. The Bertz CT molecular complexity index is 815. The molecule has 2 aromatic carbocycles. The Balaban J connectivity index is 0.00000450. The summed E-state index contributed by atoms with van der Waals surface area (Å²) in [6.45, 7) is 8.65. The van der Waals surface area contributed by atoms with Crippen LogP contribution in [-0.2, 0) is 6.54 Å². The van der Waals surface area contributed by atoms with Gasteiger partial charge in [0.25, 0.3) is 5.91 Å². The molecule has 0 aliphatic heterocycles. The number of hydrogen-bond donors (Lipinski definition) is 2. The van der Waals surface area contributed by atoms with Gasteiger partial charge < -0.3 is 20.3 Å². The second kappa shape index (κ2) is 13.1. The Labute approximate surface area is 197 Å². The SMILES string of the molecule is CCNC(=NCc1ccc(C(=O)N(C)C)cc1)NCCOc1c(C)cccc1C.I. The zero-order valence-corrected chi connectivity index (χ0v) is 20.8. The van der Waals surface area contributed by atoms with Gasteiger partial charge in [-0.25, -0.2) is 4.99 Å². The molecule has 7 heteroatoms. The Kier molecular flexibility index (Phi) is 11.2. The molecule has 0 saturated carbocycles. The summed E-state index contributed by atoms with van der Waals surface area (Å²) in [5.74, 6) is 1.69. The third-order valence-electron chi connectivity index (χ3n) is 4.42. The summed E-state index contributed by atoms with van der Waals surface area (Å²) < 4.78 is 5.93. The molecule has 1 amide bonds. The summed E-state index contributed by atoms with van der Waals surface area (Å²) in [5, 5.41) is 6.54. The zero-order valence-electron chi connectivity index (χ0n) is 18.5. The van der Waals surface area contributed by atoms with Crippen molar-refractivity contribution < 1.29 is 9.53 Å². The lowest BCUT2D eigenvalue weighted by Crippen LogP contribution is -2.39. The van der Waals surface area contributed by atoms with Gasteiger partial charge >= 0.3 is 0 Å². The number of rotatable bonds is 8. The van der Waals surface area contributed by atoms with E-state index in [0.717, 1.165) is 34.9 Å². The number of aryl methyl sites for hydroxylation is 2. The predicted molar refractivity (Wildman–Crippen MR) is 134 cm³/mol. The first-order valence-electron chi connectivity index (χ1n) is 9.94. The largest absolute Gasteiger partial charge is 0.491 e. The molecule has 0 atom stereocenters. The number of nitrogens with zero attached hydrogens (tertiary/aromatic N) is 2. The molecule has 0 aromatic heterocycles. The fourth-order valence-electron chi connectivity index (χ4n) is 2.87. The van der Waals surface area contributed by atoms with E-state index in [0.29, 0.717) is 25.3 Å². The van der Waals surface area contributed by atoms with E-state index in [9.17, 15) is 4.79 Å². The van der Waals surface area contributed by atoms with E-state index in [1.165, 1.54) is 0 Å². The number of amides is 1. The van der Waals surface area contributed by atoms with Crippen molar-refractivity contribution in [2.24, 2.45) is 4.99 Å². The minimum absolute atomic E-state index is 0. The van der Waals surface area contributed by atoms with Crippen molar-refractivity contribution in [3.8, 4) is 5.75 Å². The van der Waals surface area contributed by atoms with E-state index in [4.69, 9.17) is 4.74 Å². The molecular formula is C23H33IN4O2. The molecule has 0 radical (unpaired) electrons. The summed E-state index contributed by atoms with van der Waals surface area (Å²) >= 11 is 0. The van der Waals surface area contributed by atoms with Gasteiger partial charge in [-0.2, -0.15) is 0 Å². The minimum atomic E-state index is -0.000976. The van der Waals surface area contributed by atoms with E-state index in [2.05, 4.69) is 41.6 Å². The van der Waals surface area contributed by atoms with Crippen LogP contribution in [0.1, 0.15) is 34.0 Å². The first-order valence-corrected chi connectivity index (χ1v) is 9.94. The van der Waals surface area contributed by atoms with Crippen molar-refractivity contribution in [2.75, 3.05) is 33.8 Å². The van der Waals surface area contributed by atoms with Gasteiger partial charge in [0, 0.05) is 26.2 Å². The van der Waals surface area contributed by atoms with Gasteiger partial charge in [0.1, 0.15) is 12.4 Å². The Morgan fingerprint density at radius 3 is 2.23 bits per heavy atom. The first kappa shape index (κ1) is 25.7. The number of halogens is 1. The van der Waals surface area contributed by atoms with E-state index in [1.807, 2.05) is 37.3 Å². The third kappa shape index (κ3) is 7.85. The number of carbonyl (C=O) groups excluding carboxylic acids is 1. The van der Waals surface area contributed by atoms with Gasteiger partial charge in [-0.3, -0.25) is 4.79 Å². The van der Waals surface area contributed by atoms with Crippen molar-refractivity contribution in [1.82, 2.24) is 15.5 Å². The van der Waals surface area contributed by atoms with Crippen LogP contribution in [0.2, 0.25) is 0 Å². The monoisotopic (exact) mass is 524 g/mol. The first-order chi connectivity index (χ1) is 13.9. The maximum atomic E-state index is 12.0. The molecule has 0 fully saturated rings.